The number of hydrogen-bond acceptors (Lipinski definition) is 4. The van der Waals surface area contributed by atoms with Crippen LogP contribution in [-0.4, -0.2) is 18.5 Å². The molecule has 0 radical (unpaired) electrons. The molecular weight excluding hydrogens is 467 g/mol. The Morgan fingerprint density at radius 1 is 0.821 bits per heavy atom. The molecule has 0 atom stereocenters. The average molecular weight is 486 g/mol. The molecule has 5 heteroatoms. The maximum Gasteiger partial charge on any atom is 0.344 e. The highest BCUT2D eigenvalue weighted by molar-refractivity contribution is 14.1. The topological polar surface area (TPSA) is 52.6 Å². The zero-order valence-corrected chi connectivity index (χ0v) is 17.3. The Morgan fingerprint density at radius 3 is 2.36 bits per heavy atom. The number of ether oxygens (including phenoxy) is 2. The first-order valence-electron chi connectivity index (χ1n) is 8.91. The van der Waals surface area contributed by atoms with Gasteiger partial charge in [-0.25, -0.2) is 9.59 Å². The average Bonchev–Trinajstić information content (AvgIpc) is 2.72. The van der Waals surface area contributed by atoms with Crippen molar-refractivity contribution in [1.82, 2.24) is 0 Å². The van der Waals surface area contributed by atoms with Crippen molar-refractivity contribution >= 4 is 34.5 Å². The van der Waals surface area contributed by atoms with Crippen LogP contribution in [0, 0.1) is 3.57 Å². The molecule has 3 aromatic rings. The third-order valence-electron chi connectivity index (χ3n) is 4.06. The van der Waals surface area contributed by atoms with Crippen LogP contribution < -0.4 is 4.74 Å². The van der Waals surface area contributed by atoms with Gasteiger partial charge in [-0.05, 0) is 71.3 Å². The van der Waals surface area contributed by atoms with Gasteiger partial charge in [0.2, 0.25) is 0 Å². The van der Waals surface area contributed by atoms with Crippen molar-refractivity contribution in [2.45, 2.75) is 12.8 Å². The molecule has 0 aliphatic heterocycles. The number of benzene rings is 3. The number of rotatable bonds is 7. The van der Waals surface area contributed by atoms with Crippen LogP contribution in [0.25, 0.3) is 0 Å². The van der Waals surface area contributed by atoms with Crippen LogP contribution in [0.4, 0.5) is 0 Å². The second-order valence-corrected chi connectivity index (χ2v) is 7.28. The SMILES string of the molecule is O=C(OCCCc1ccccc1)c1cccc(OC(=O)c2ccccc2I)c1. The van der Waals surface area contributed by atoms with Gasteiger partial charge < -0.3 is 9.47 Å². The minimum atomic E-state index is -0.460. The van der Waals surface area contributed by atoms with Crippen molar-refractivity contribution in [2.75, 3.05) is 6.61 Å². The summed E-state index contributed by atoms with van der Waals surface area (Å²) in [6.07, 6.45) is 1.60. The second-order valence-electron chi connectivity index (χ2n) is 6.12. The molecule has 0 saturated heterocycles. The van der Waals surface area contributed by atoms with E-state index < -0.39 is 11.9 Å². The van der Waals surface area contributed by atoms with Crippen LogP contribution in [0.3, 0.4) is 0 Å². The van der Waals surface area contributed by atoms with E-state index in [1.54, 1.807) is 30.3 Å². The Kier molecular flexibility index (Phi) is 7.19. The van der Waals surface area contributed by atoms with Crippen LogP contribution in [0.15, 0.2) is 78.9 Å². The Hall–Kier alpha value is -2.67. The number of halogens is 1. The van der Waals surface area contributed by atoms with E-state index in [-0.39, 0.29) is 0 Å². The van der Waals surface area contributed by atoms with Gasteiger partial charge in [-0.1, -0.05) is 48.5 Å². The Bertz CT molecular complexity index is 954. The maximum atomic E-state index is 12.3. The molecule has 3 rings (SSSR count). The highest BCUT2D eigenvalue weighted by Crippen LogP contribution is 2.18. The lowest BCUT2D eigenvalue weighted by Gasteiger charge is -2.08. The molecule has 142 valence electrons. The number of carbonyl (C=O) groups excluding carboxylic acids is 2. The molecule has 0 unspecified atom stereocenters. The normalized spacial score (nSPS) is 10.3. The third kappa shape index (κ3) is 5.66. The lowest BCUT2D eigenvalue weighted by molar-refractivity contribution is 0.0498. The molecule has 0 heterocycles. The summed E-state index contributed by atoms with van der Waals surface area (Å²) in [4.78, 5) is 24.6. The molecule has 0 aliphatic rings. The summed E-state index contributed by atoms with van der Waals surface area (Å²) in [6.45, 7) is 0.333. The largest absolute Gasteiger partial charge is 0.462 e. The van der Waals surface area contributed by atoms with Crippen LogP contribution in [-0.2, 0) is 11.2 Å². The summed E-state index contributed by atoms with van der Waals surface area (Å²) in [7, 11) is 0. The molecule has 28 heavy (non-hydrogen) atoms. The standard InChI is InChI=1S/C23H19IO4/c24-21-14-5-4-13-20(21)23(26)28-19-12-6-11-18(16-19)22(25)27-15-7-10-17-8-2-1-3-9-17/h1-6,8-9,11-14,16H,7,10,15H2. The third-order valence-corrected chi connectivity index (χ3v) is 5.00. The van der Waals surface area contributed by atoms with Crippen LogP contribution in [0.2, 0.25) is 0 Å². The highest BCUT2D eigenvalue weighted by atomic mass is 127. The Labute approximate surface area is 177 Å². The molecule has 0 fully saturated rings. The van der Waals surface area contributed by atoms with Crippen LogP contribution >= 0.6 is 22.6 Å². The first-order valence-corrected chi connectivity index (χ1v) is 9.99. The monoisotopic (exact) mass is 486 g/mol. The Morgan fingerprint density at radius 2 is 1.57 bits per heavy atom. The molecule has 3 aromatic carbocycles. The van der Waals surface area contributed by atoms with E-state index in [1.165, 1.54) is 11.6 Å². The molecule has 0 aromatic heterocycles. The van der Waals surface area contributed by atoms with E-state index in [9.17, 15) is 9.59 Å². The van der Waals surface area contributed by atoms with Gasteiger partial charge in [0.1, 0.15) is 5.75 Å². The lowest BCUT2D eigenvalue weighted by atomic mass is 10.1. The first kappa shape index (κ1) is 20.1. The fraction of sp³-hybridized carbons (Fsp3) is 0.130. The Balaban J connectivity index is 1.54. The van der Waals surface area contributed by atoms with E-state index in [4.69, 9.17) is 9.47 Å². The van der Waals surface area contributed by atoms with E-state index >= 15 is 0 Å². The number of aryl methyl sites for hydroxylation is 1. The quantitative estimate of drug-likeness (QED) is 0.197. The predicted octanol–water partition coefficient (Wildman–Crippen LogP) is 5.30. The molecule has 0 spiro atoms. The lowest BCUT2D eigenvalue weighted by Crippen LogP contribution is -2.11. The van der Waals surface area contributed by atoms with Gasteiger partial charge in [-0.3, -0.25) is 0 Å². The van der Waals surface area contributed by atoms with Gasteiger partial charge in [0.05, 0.1) is 17.7 Å². The van der Waals surface area contributed by atoms with Gasteiger partial charge in [-0.15, -0.1) is 0 Å². The number of carbonyl (C=O) groups is 2. The zero-order valence-electron chi connectivity index (χ0n) is 15.1. The molecular formula is C23H19IO4. The van der Waals surface area contributed by atoms with E-state index in [2.05, 4.69) is 22.6 Å². The summed E-state index contributed by atoms with van der Waals surface area (Å²) in [6, 6.07) is 23.7. The summed E-state index contributed by atoms with van der Waals surface area (Å²) in [5.41, 5.74) is 2.05. The van der Waals surface area contributed by atoms with Crippen molar-refractivity contribution in [1.29, 1.82) is 0 Å². The van der Waals surface area contributed by atoms with Crippen molar-refractivity contribution in [3.8, 4) is 5.75 Å². The van der Waals surface area contributed by atoms with Crippen LogP contribution in [0.1, 0.15) is 32.7 Å². The fourth-order valence-electron chi connectivity index (χ4n) is 2.64. The summed E-state index contributed by atoms with van der Waals surface area (Å²) in [5, 5.41) is 0. The number of hydrogen-bond donors (Lipinski definition) is 0. The van der Waals surface area contributed by atoms with E-state index in [0.717, 1.165) is 16.4 Å². The van der Waals surface area contributed by atoms with Crippen molar-refractivity contribution in [2.24, 2.45) is 0 Å². The van der Waals surface area contributed by atoms with Crippen molar-refractivity contribution in [3.05, 3.63) is 99.1 Å². The van der Waals surface area contributed by atoms with Crippen LogP contribution in [0.5, 0.6) is 5.75 Å². The van der Waals surface area contributed by atoms with Crippen molar-refractivity contribution in [3.63, 3.8) is 0 Å². The summed E-state index contributed by atoms with van der Waals surface area (Å²) in [5.74, 6) is -0.581. The van der Waals surface area contributed by atoms with Crippen molar-refractivity contribution < 1.29 is 19.1 Å². The fourth-order valence-corrected chi connectivity index (χ4v) is 3.25. The maximum absolute atomic E-state index is 12.3. The van der Waals surface area contributed by atoms with E-state index in [0.29, 0.717) is 23.5 Å². The zero-order chi connectivity index (χ0) is 19.8. The minimum absolute atomic E-state index is 0.309. The predicted molar refractivity (Wildman–Crippen MR) is 116 cm³/mol. The van der Waals surface area contributed by atoms with Gasteiger partial charge in [0.15, 0.2) is 0 Å². The van der Waals surface area contributed by atoms with Gasteiger partial charge in [0.25, 0.3) is 0 Å². The summed E-state index contributed by atoms with van der Waals surface area (Å²) >= 11 is 2.08. The molecule has 0 aliphatic carbocycles. The van der Waals surface area contributed by atoms with Gasteiger partial charge in [0, 0.05) is 3.57 Å². The molecule has 0 saturated carbocycles. The molecule has 4 nitrogen and oxygen atoms in total. The van der Waals surface area contributed by atoms with Gasteiger partial charge in [-0.2, -0.15) is 0 Å². The molecule has 0 amide bonds. The first-order chi connectivity index (χ1) is 13.6. The van der Waals surface area contributed by atoms with Gasteiger partial charge >= 0.3 is 11.9 Å². The van der Waals surface area contributed by atoms with E-state index in [1.807, 2.05) is 42.5 Å². The number of esters is 2. The molecule has 0 N–H and O–H groups in total. The molecule has 0 bridgehead atoms. The minimum Gasteiger partial charge on any atom is -0.462 e. The highest BCUT2D eigenvalue weighted by Gasteiger charge is 2.14. The smallest absolute Gasteiger partial charge is 0.344 e. The summed E-state index contributed by atoms with van der Waals surface area (Å²) < 4.78 is 11.5. The second kappa shape index (κ2) is 10.0.